The van der Waals surface area contributed by atoms with Crippen LogP contribution in [-0.2, 0) is 0 Å². The fraction of sp³-hybridized carbons (Fsp3) is 0.263. The molecular formula is C19H20ClIN2O3. The Hall–Kier alpha value is -1.80. The van der Waals surface area contributed by atoms with Crippen molar-refractivity contribution in [3.63, 3.8) is 0 Å². The lowest BCUT2D eigenvalue weighted by Crippen LogP contribution is -2.30. The molecule has 0 atom stereocenters. The molecule has 7 heteroatoms. The van der Waals surface area contributed by atoms with Gasteiger partial charge in [-0.15, -0.1) is 0 Å². The van der Waals surface area contributed by atoms with E-state index >= 15 is 0 Å². The third kappa shape index (κ3) is 4.67. The van der Waals surface area contributed by atoms with Crippen molar-refractivity contribution in [2.45, 2.75) is 13.8 Å². The number of benzene rings is 2. The van der Waals surface area contributed by atoms with Crippen molar-refractivity contribution in [2.75, 3.05) is 25.5 Å². The van der Waals surface area contributed by atoms with Crippen molar-refractivity contribution in [1.29, 1.82) is 0 Å². The Labute approximate surface area is 171 Å². The normalized spacial score (nSPS) is 10.3. The molecule has 2 aromatic rings. The van der Waals surface area contributed by atoms with Gasteiger partial charge < -0.3 is 15.0 Å². The maximum absolute atomic E-state index is 12.6. The molecule has 0 unspecified atom stereocenters. The molecule has 0 saturated carbocycles. The van der Waals surface area contributed by atoms with Gasteiger partial charge in [0, 0.05) is 27.9 Å². The number of nitrogens with zero attached hydrogens (tertiary/aromatic N) is 1. The smallest absolute Gasteiger partial charge is 0.259 e. The number of carbonyl (C=O) groups excluding carboxylic acids is 2. The molecule has 2 amide bonds. The number of rotatable bonds is 6. The highest BCUT2D eigenvalue weighted by atomic mass is 127. The summed E-state index contributed by atoms with van der Waals surface area (Å²) in [5.74, 6) is 0.0141. The molecule has 0 aliphatic heterocycles. The monoisotopic (exact) mass is 486 g/mol. The minimum Gasteiger partial charge on any atom is -0.496 e. The molecule has 5 nitrogen and oxygen atoms in total. The summed E-state index contributed by atoms with van der Waals surface area (Å²) < 4.78 is 6.07. The first-order valence-corrected chi connectivity index (χ1v) is 9.60. The molecule has 0 aliphatic carbocycles. The topological polar surface area (TPSA) is 58.6 Å². The van der Waals surface area contributed by atoms with Gasteiger partial charge in [0.05, 0.1) is 17.7 Å². The van der Waals surface area contributed by atoms with Gasteiger partial charge in [-0.05, 0) is 66.8 Å². The summed E-state index contributed by atoms with van der Waals surface area (Å²) in [6, 6.07) is 10.2. The van der Waals surface area contributed by atoms with E-state index in [2.05, 4.69) is 27.9 Å². The molecule has 0 saturated heterocycles. The Morgan fingerprint density at radius 1 is 1.19 bits per heavy atom. The van der Waals surface area contributed by atoms with Crippen LogP contribution < -0.4 is 10.1 Å². The number of halogens is 2. The van der Waals surface area contributed by atoms with E-state index in [4.69, 9.17) is 16.3 Å². The van der Waals surface area contributed by atoms with E-state index in [9.17, 15) is 9.59 Å². The first kappa shape index (κ1) is 20.5. The highest BCUT2D eigenvalue weighted by Gasteiger charge is 2.17. The molecule has 0 heterocycles. The SMILES string of the molecule is CCN(CC)C(=O)c1cccc(NC(=O)c2cc(Cl)c(I)cc2OC)c1. The zero-order valence-electron chi connectivity index (χ0n) is 14.8. The number of methoxy groups -OCH3 is 1. The van der Waals surface area contributed by atoms with Gasteiger partial charge in [0.1, 0.15) is 5.75 Å². The molecule has 0 fully saturated rings. The zero-order chi connectivity index (χ0) is 19.3. The van der Waals surface area contributed by atoms with E-state index in [1.165, 1.54) is 7.11 Å². The highest BCUT2D eigenvalue weighted by molar-refractivity contribution is 14.1. The van der Waals surface area contributed by atoms with E-state index in [0.29, 0.717) is 40.7 Å². The fourth-order valence-electron chi connectivity index (χ4n) is 2.50. The number of hydrogen-bond acceptors (Lipinski definition) is 3. The summed E-state index contributed by atoms with van der Waals surface area (Å²) in [6.45, 7) is 5.12. The predicted molar refractivity (Wildman–Crippen MR) is 112 cm³/mol. The lowest BCUT2D eigenvalue weighted by atomic mass is 10.1. The van der Waals surface area contributed by atoms with Crippen molar-refractivity contribution < 1.29 is 14.3 Å². The molecule has 138 valence electrons. The van der Waals surface area contributed by atoms with Crippen LogP contribution in [0, 0.1) is 3.57 Å². The molecule has 26 heavy (non-hydrogen) atoms. The van der Waals surface area contributed by atoms with E-state index < -0.39 is 0 Å². The minimum absolute atomic E-state index is 0.0685. The van der Waals surface area contributed by atoms with Gasteiger partial charge in [-0.1, -0.05) is 17.7 Å². The van der Waals surface area contributed by atoms with Gasteiger partial charge >= 0.3 is 0 Å². The first-order valence-electron chi connectivity index (χ1n) is 8.14. The van der Waals surface area contributed by atoms with Crippen LogP contribution in [0.2, 0.25) is 5.02 Å². The Balaban J connectivity index is 2.27. The third-order valence-electron chi connectivity index (χ3n) is 3.91. The largest absolute Gasteiger partial charge is 0.496 e. The molecule has 0 radical (unpaired) electrons. The van der Waals surface area contributed by atoms with E-state index in [1.807, 2.05) is 13.8 Å². The Kier molecular flexibility index (Phi) is 7.28. The number of carbonyl (C=O) groups is 2. The van der Waals surface area contributed by atoms with E-state index in [-0.39, 0.29) is 11.8 Å². The van der Waals surface area contributed by atoms with Crippen LogP contribution in [0.4, 0.5) is 5.69 Å². The van der Waals surface area contributed by atoms with E-state index in [0.717, 1.165) is 3.57 Å². The zero-order valence-corrected chi connectivity index (χ0v) is 17.7. The van der Waals surface area contributed by atoms with Gasteiger partial charge in [-0.2, -0.15) is 0 Å². The third-order valence-corrected chi connectivity index (χ3v) is 5.43. The van der Waals surface area contributed by atoms with Gasteiger partial charge in [-0.25, -0.2) is 0 Å². The van der Waals surface area contributed by atoms with E-state index in [1.54, 1.807) is 41.3 Å². The molecule has 0 bridgehead atoms. The minimum atomic E-state index is -0.354. The molecule has 0 spiro atoms. The van der Waals surface area contributed by atoms with Crippen LogP contribution in [0.15, 0.2) is 36.4 Å². The average Bonchev–Trinajstić information content (AvgIpc) is 2.64. The van der Waals surface area contributed by atoms with Crippen LogP contribution in [0.25, 0.3) is 0 Å². The molecule has 2 aromatic carbocycles. The summed E-state index contributed by atoms with van der Waals surface area (Å²) in [5.41, 5.74) is 1.39. The second-order valence-corrected chi connectivity index (χ2v) is 7.05. The summed E-state index contributed by atoms with van der Waals surface area (Å²) in [4.78, 5) is 26.8. The Bertz CT molecular complexity index is 822. The molecule has 2 rings (SSSR count). The van der Waals surface area contributed by atoms with Crippen LogP contribution in [0.1, 0.15) is 34.6 Å². The van der Waals surface area contributed by atoms with Crippen molar-refractivity contribution in [3.05, 3.63) is 56.1 Å². The summed E-state index contributed by atoms with van der Waals surface area (Å²) in [7, 11) is 1.50. The lowest BCUT2D eigenvalue weighted by Gasteiger charge is -2.19. The van der Waals surface area contributed by atoms with Gasteiger partial charge in [0.2, 0.25) is 0 Å². The van der Waals surface area contributed by atoms with Crippen LogP contribution in [0.5, 0.6) is 5.75 Å². The Morgan fingerprint density at radius 3 is 2.50 bits per heavy atom. The van der Waals surface area contributed by atoms with Crippen molar-refractivity contribution in [2.24, 2.45) is 0 Å². The van der Waals surface area contributed by atoms with Crippen molar-refractivity contribution in [3.8, 4) is 5.75 Å². The van der Waals surface area contributed by atoms with Crippen molar-refractivity contribution in [1.82, 2.24) is 4.90 Å². The van der Waals surface area contributed by atoms with Crippen molar-refractivity contribution >= 4 is 51.7 Å². The average molecular weight is 487 g/mol. The fourth-order valence-corrected chi connectivity index (χ4v) is 3.10. The highest BCUT2D eigenvalue weighted by Crippen LogP contribution is 2.29. The quantitative estimate of drug-likeness (QED) is 0.603. The number of ether oxygens (including phenoxy) is 1. The summed E-state index contributed by atoms with van der Waals surface area (Å²) >= 11 is 8.21. The summed E-state index contributed by atoms with van der Waals surface area (Å²) in [6.07, 6.45) is 0. The van der Waals surface area contributed by atoms with Gasteiger partial charge in [-0.3, -0.25) is 9.59 Å². The lowest BCUT2D eigenvalue weighted by molar-refractivity contribution is 0.0772. The molecule has 0 aromatic heterocycles. The molecule has 1 N–H and O–H groups in total. The van der Waals surface area contributed by atoms with Gasteiger partial charge in [0.25, 0.3) is 11.8 Å². The summed E-state index contributed by atoms with van der Waals surface area (Å²) in [5, 5.41) is 3.27. The van der Waals surface area contributed by atoms with Crippen LogP contribution >= 0.6 is 34.2 Å². The maximum Gasteiger partial charge on any atom is 0.259 e. The Morgan fingerprint density at radius 2 is 1.88 bits per heavy atom. The van der Waals surface area contributed by atoms with Crippen LogP contribution in [0.3, 0.4) is 0 Å². The number of anilines is 1. The number of nitrogens with one attached hydrogen (secondary N) is 1. The predicted octanol–water partition coefficient (Wildman–Crippen LogP) is 4.69. The first-order chi connectivity index (χ1) is 12.4. The second-order valence-electron chi connectivity index (χ2n) is 5.48. The number of hydrogen-bond donors (Lipinski definition) is 1. The second kappa shape index (κ2) is 9.23. The maximum atomic E-state index is 12.6. The van der Waals surface area contributed by atoms with Crippen LogP contribution in [-0.4, -0.2) is 36.9 Å². The molecular weight excluding hydrogens is 467 g/mol. The van der Waals surface area contributed by atoms with Gasteiger partial charge in [0.15, 0.2) is 0 Å². The number of amides is 2. The molecule has 0 aliphatic rings. The standard InChI is InChI=1S/C19H20ClIN2O3/c1-4-23(5-2)19(25)12-7-6-8-13(9-12)22-18(24)14-10-15(20)16(21)11-17(14)26-3/h6-11H,4-5H2,1-3H3,(H,22,24).